The molecule has 1 heterocycles. The van der Waals surface area contributed by atoms with Crippen LogP contribution in [-0.2, 0) is 10.2 Å². The predicted octanol–water partition coefficient (Wildman–Crippen LogP) is 4.16. The van der Waals surface area contributed by atoms with Crippen molar-refractivity contribution in [3.63, 3.8) is 0 Å². The molecule has 0 saturated heterocycles. The first-order valence-electron chi connectivity index (χ1n) is 6.69. The normalized spacial score (nSPS) is 11.4. The highest BCUT2D eigenvalue weighted by atomic mass is 32.2. The molecule has 0 unspecified atom stereocenters. The van der Waals surface area contributed by atoms with Crippen LogP contribution in [0.2, 0.25) is 0 Å². The van der Waals surface area contributed by atoms with Gasteiger partial charge in [0.1, 0.15) is 0 Å². The van der Waals surface area contributed by atoms with Crippen LogP contribution in [-0.4, -0.2) is 22.8 Å². The Balaban J connectivity index is 2.07. The molecule has 2 aromatic rings. The average Bonchev–Trinajstić information content (AvgIpc) is 2.87. The van der Waals surface area contributed by atoms with E-state index in [1.165, 1.54) is 28.7 Å². The van der Waals surface area contributed by atoms with E-state index in [4.69, 9.17) is 4.74 Å². The standard InChI is InChI=1S/C15H18N2O2S2/c1-5-19-13(18)12-16-17-14(21-12)20-11-8-6-10(7-9-11)15(2,3)4/h6-9H,5H2,1-4H3. The third kappa shape index (κ3) is 4.28. The van der Waals surface area contributed by atoms with Gasteiger partial charge >= 0.3 is 5.97 Å². The van der Waals surface area contributed by atoms with E-state index < -0.39 is 5.97 Å². The van der Waals surface area contributed by atoms with Gasteiger partial charge in [-0.3, -0.25) is 0 Å². The summed E-state index contributed by atoms with van der Waals surface area (Å²) in [5.41, 5.74) is 1.43. The number of carbonyl (C=O) groups excluding carboxylic acids is 1. The van der Waals surface area contributed by atoms with E-state index >= 15 is 0 Å². The van der Waals surface area contributed by atoms with E-state index in [1.54, 1.807) is 6.92 Å². The molecule has 0 saturated carbocycles. The van der Waals surface area contributed by atoms with Crippen LogP contribution in [0.5, 0.6) is 0 Å². The van der Waals surface area contributed by atoms with Gasteiger partial charge in [0.05, 0.1) is 6.61 Å². The van der Waals surface area contributed by atoms with E-state index in [9.17, 15) is 4.79 Å². The van der Waals surface area contributed by atoms with E-state index in [1.807, 2.05) is 0 Å². The highest BCUT2D eigenvalue weighted by Crippen LogP contribution is 2.32. The van der Waals surface area contributed by atoms with Gasteiger partial charge in [-0.15, -0.1) is 10.2 Å². The Morgan fingerprint density at radius 1 is 1.24 bits per heavy atom. The Labute approximate surface area is 132 Å². The minimum atomic E-state index is -0.412. The zero-order valence-corrected chi connectivity index (χ0v) is 14.2. The first kappa shape index (κ1) is 16.0. The zero-order chi connectivity index (χ0) is 15.5. The summed E-state index contributed by atoms with van der Waals surface area (Å²) >= 11 is 2.75. The van der Waals surface area contributed by atoms with Crippen molar-refractivity contribution in [1.29, 1.82) is 0 Å². The molecule has 2 rings (SSSR count). The van der Waals surface area contributed by atoms with Crippen molar-refractivity contribution < 1.29 is 9.53 Å². The van der Waals surface area contributed by atoms with Crippen molar-refractivity contribution in [1.82, 2.24) is 10.2 Å². The van der Waals surface area contributed by atoms with Crippen LogP contribution in [0.15, 0.2) is 33.5 Å². The molecular weight excluding hydrogens is 304 g/mol. The van der Waals surface area contributed by atoms with Gasteiger partial charge in [0.25, 0.3) is 0 Å². The number of benzene rings is 1. The summed E-state index contributed by atoms with van der Waals surface area (Å²) in [7, 11) is 0. The molecule has 0 amide bonds. The SMILES string of the molecule is CCOC(=O)c1nnc(Sc2ccc(C(C)(C)C)cc2)s1. The Kier molecular flexibility index (Phi) is 5.00. The molecule has 0 bridgehead atoms. The van der Waals surface area contributed by atoms with E-state index in [2.05, 4.69) is 55.2 Å². The lowest BCUT2D eigenvalue weighted by Crippen LogP contribution is -2.10. The Morgan fingerprint density at radius 3 is 2.48 bits per heavy atom. The third-order valence-electron chi connectivity index (χ3n) is 2.78. The van der Waals surface area contributed by atoms with Gasteiger partial charge in [-0.1, -0.05) is 56.0 Å². The van der Waals surface area contributed by atoms with Gasteiger partial charge in [0, 0.05) is 4.90 Å². The second-order valence-electron chi connectivity index (χ2n) is 5.47. The van der Waals surface area contributed by atoms with Crippen LogP contribution in [0.25, 0.3) is 0 Å². The smallest absolute Gasteiger partial charge is 0.369 e. The molecule has 0 atom stereocenters. The van der Waals surface area contributed by atoms with Crippen LogP contribution in [0.3, 0.4) is 0 Å². The second kappa shape index (κ2) is 6.58. The number of esters is 1. The monoisotopic (exact) mass is 322 g/mol. The van der Waals surface area contributed by atoms with Crippen LogP contribution >= 0.6 is 23.1 Å². The highest BCUT2D eigenvalue weighted by molar-refractivity contribution is 8.01. The zero-order valence-electron chi connectivity index (χ0n) is 12.5. The van der Waals surface area contributed by atoms with Crippen molar-refractivity contribution in [2.45, 2.75) is 42.3 Å². The van der Waals surface area contributed by atoms with E-state index in [-0.39, 0.29) is 5.41 Å². The Morgan fingerprint density at radius 2 is 1.90 bits per heavy atom. The van der Waals surface area contributed by atoms with Gasteiger partial charge < -0.3 is 4.74 Å². The first-order chi connectivity index (χ1) is 9.90. The number of hydrogen-bond acceptors (Lipinski definition) is 6. The molecule has 1 aromatic carbocycles. The van der Waals surface area contributed by atoms with Crippen LogP contribution in [0.4, 0.5) is 0 Å². The van der Waals surface area contributed by atoms with Crippen LogP contribution in [0, 0.1) is 0 Å². The van der Waals surface area contributed by atoms with Crippen molar-refractivity contribution in [3.8, 4) is 0 Å². The minimum Gasteiger partial charge on any atom is -0.461 e. The molecule has 112 valence electrons. The number of carbonyl (C=O) groups is 1. The van der Waals surface area contributed by atoms with Gasteiger partial charge in [-0.2, -0.15) is 0 Å². The van der Waals surface area contributed by atoms with Gasteiger partial charge in [0.2, 0.25) is 5.01 Å². The fourth-order valence-electron chi connectivity index (χ4n) is 1.65. The molecule has 1 aromatic heterocycles. The summed E-state index contributed by atoms with van der Waals surface area (Å²) in [6, 6.07) is 8.37. The molecule has 0 N–H and O–H groups in total. The van der Waals surface area contributed by atoms with Gasteiger partial charge in [-0.05, 0) is 30.0 Å². The van der Waals surface area contributed by atoms with Gasteiger partial charge in [0.15, 0.2) is 4.34 Å². The van der Waals surface area contributed by atoms with Crippen LogP contribution < -0.4 is 0 Å². The van der Waals surface area contributed by atoms with E-state index in [0.717, 1.165) is 9.24 Å². The topological polar surface area (TPSA) is 52.1 Å². The Bertz CT molecular complexity index is 615. The number of nitrogens with zero attached hydrogens (tertiary/aromatic N) is 2. The fourth-order valence-corrected chi connectivity index (χ4v) is 3.37. The fraction of sp³-hybridized carbons (Fsp3) is 0.400. The van der Waals surface area contributed by atoms with Crippen molar-refractivity contribution in [2.75, 3.05) is 6.61 Å². The van der Waals surface area contributed by atoms with Crippen molar-refractivity contribution in [2.24, 2.45) is 0 Å². The predicted molar refractivity (Wildman–Crippen MR) is 85.1 cm³/mol. The molecule has 0 fully saturated rings. The molecule has 0 spiro atoms. The quantitative estimate of drug-likeness (QED) is 0.791. The lowest BCUT2D eigenvalue weighted by atomic mass is 9.87. The molecule has 0 aliphatic carbocycles. The molecular formula is C15H18N2O2S2. The summed E-state index contributed by atoms with van der Waals surface area (Å²) in [6.45, 7) is 8.67. The largest absolute Gasteiger partial charge is 0.461 e. The number of ether oxygens (including phenoxy) is 1. The summed E-state index contributed by atoms with van der Waals surface area (Å²) < 4.78 is 5.64. The maximum Gasteiger partial charge on any atom is 0.369 e. The number of hydrogen-bond donors (Lipinski definition) is 0. The highest BCUT2D eigenvalue weighted by Gasteiger charge is 2.15. The molecule has 6 heteroatoms. The van der Waals surface area contributed by atoms with Crippen LogP contribution in [0.1, 0.15) is 43.1 Å². The first-order valence-corrected chi connectivity index (χ1v) is 8.32. The molecule has 4 nitrogen and oxygen atoms in total. The lowest BCUT2D eigenvalue weighted by molar-refractivity contribution is 0.0525. The lowest BCUT2D eigenvalue weighted by Gasteiger charge is -2.18. The molecule has 21 heavy (non-hydrogen) atoms. The van der Waals surface area contributed by atoms with Crippen molar-refractivity contribution in [3.05, 3.63) is 34.8 Å². The third-order valence-corrected chi connectivity index (χ3v) is 4.74. The van der Waals surface area contributed by atoms with Gasteiger partial charge in [-0.25, -0.2) is 4.79 Å². The second-order valence-corrected chi connectivity index (χ2v) is 7.77. The summed E-state index contributed by atoms with van der Waals surface area (Å²) in [5, 5.41) is 8.17. The van der Waals surface area contributed by atoms with Crippen molar-refractivity contribution >= 4 is 29.1 Å². The number of aromatic nitrogens is 2. The molecule has 0 aliphatic rings. The average molecular weight is 322 g/mol. The minimum absolute atomic E-state index is 0.142. The summed E-state index contributed by atoms with van der Waals surface area (Å²) in [6.07, 6.45) is 0. The molecule has 0 aliphatic heterocycles. The Hall–Kier alpha value is -1.40. The molecule has 0 radical (unpaired) electrons. The van der Waals surface area contributed by atoms with E-state index in [0.29, 0.717) is 11.6 Å². The number of rotatable bonds is 4. The maximum atomic E-state index is 11.5. The maximum absolute atomic E-state index is 11.5. The summed E-state index contributed by atoms with van der Waals surface area (Å²) in [5.74, 6) is -0.412. The summed E-state index contributed by atoms with van der Waals surface area (Å²) in [4.78, 5) is 12.6.